The summed E-state index contributed by atoms with van der Waals surface area (Å²) in [7, 11) is 0. The zero-order chi connectivity index (χ0) is 14.8. The smallest absolute Gasteiger partial charge is 0.209 e. The van der Waals surface area contributed by atoms with E-state index in [1.165, 1.54) is 19.3 Å². The van der Waals surface area contributed by atoms with Crippen LogP contribution >= 0.6 is 0 Å². The molecule has 5 nitrogen and oxygen atoms in total. The molecule has 2 aromatic heterocycles. The van der Waals surface area contributed by atoms with Gasteiger partial charge in [-0.05, 0) is 37.6 Å². The standard InChI is InChI=1S/C17H20N4O/c1-2-8-16-15(7-1)19-17(22-16)13-20-10-4-3-6-14(20)12-21-11-5-9-18-21/h1-2,5,7-9,11,14H,3-4,6,10,12-13H2. The van der Waals surface area contributed by atoms with Gasteiger partial charge in [0.05, 0.1) is 13.1 Å². The molecule has 1 aliphatic rings. The number of aromatic nitrogens is 3. The van der Waals surface area contributed by atoms with Crippen molar-refractivity contribution in [2.75, 3.05) is 6.54 Å². The number of hydrogen-bond acceptors (Lipinski definition) is 4. The summed E-state index contributed by atoms with van der Waals surface area (Å²) in [6.07, 6.45) is 7.62. The maximum Gasteiger partial charge on any atom is 0.209 e. The Labute approximate surface area is 129 Å². The molecule has 114 valence electrons. The van der Waals surface area contributed by atoms with Crippen LogP contribution in [-0.4, -0.2) is 32.3 Å². The second kappa shape index (κ2) is 5.93. The first-order valence-corrected chi connectivity index (χ1v) is 7.94. The van der Waals surface area contributed by atoms with E-state index in [2.05, 4.69) is 15.0 Å². The predicted octanol–water partition coefficient (Wildman–Crippen LogP) is 3.08. The Kier molecular flexibility index (Phi) is 3.64. The van der Waals surface area contributed by atoms with Crippen LogP contribution in [0, 0.1) is 0 Å². The van der Waals surface area contributed by atoms with Crippen molar-refractivity contribution in [2.24, 2.45) is 0 Å². The van der Waals surface area contributed by atoms with Crippen LogP contribution in [0.4, 0.5) is 0 Å². The first kappa shape index (κ1) is 13.5. The normalized spacial score (nSPS) is 19.7. The van der Waals surface area contributed by atoms with E-state index in [-0.39, 0.29) is 0 Å². The van der Waals surface area contributed by atoms with Crippen LogP contribution in [0.3, 0.4) is 0 Å². The number of piperidine rings is 1. The summed E-state index contributed by atoms with van der Waals surface area (Å²) in [4.78, 5) is 7.09. The van der Waals surface area contributed by atoms with Crippen LogP contribution in [0.15, 0.2) is 47.1 Å². The van der Waals surface area contributed by atoms with Crippen molar-refractivity contribution < 1.29 is 4.42 Å². The van der Waals surface area contributed by atoms with Crippen molar-refractivity contribution in [1.82, 2.24) is 19.7 Å². The molecule has 0 N–H and O–H groups in total. The first-order chi connectivity index (χ1) is 10.9. The van der Waals surface area contributed by atoms with Crippen LogP contribution < -0.4 is 0 Å². The lowest BCUT2D eigenvalue weighted by Crippen LogP contribution is -2.41. The third kappa shape index (κ3) is 2.76. The maximum absolute atomic E-state index is 5.88. The summed E-state index contributed by atoms with van der Waals surface area (Å²) in [5.41, 5.74) is 1.82. The molecule has 3 aromatic rings. The highest BCUT2D eigenvalue weighted by atomic mass is 16.3. The highest BCUT2D eigenvalue weighted by molar-refractivity contribution is 5.72. The van der Waals surface area contributed by atoms with Gasteiger partial charge in [-0.3, -0.25) is 9.58 Å². The highest BCUT2D eigenvalue weighted by Gasteiger charge is 2.24. The third-order valence-electron chi connectivity index (χ3n) is 4.38. The largest absolute Gasteiger partial charge is 0.439 e. The first-order valence-electron chi connectivity index (χ1n) is 7.94. The van der Waals surface area contributed by atoms with Gasteiger partial charge in [-0.2, -0.15) is 5.10 Å². The minimum Gasteiger partial charge on any atom is -0.439 e. The van der Waals surface area contributed by atoms with Crippen LogP contribution in [0.2, 0.25) is 0 Å². The number of nitrogens with zero attached hydrogens (tertiary/aromatic N) is 4. The fourth-order valence-corrected chi connectivity index (χ4v) is 3.26. The topological polar surface area (TPSA) is 47.1 Å². The molecule has 3 heterocycles. The number of benzene rings is 1. The van der Waals surface area contributed by atoms with Gasteiger partial charge in [-0.15, -0.1) is 0 Å². The zero-order valence-corrected chi connectivity index (χ0v) is 12.6. The van der Waals surface area contributed by atoms with E-state index in [0.717, 1.165) is 36.6 Å². The van der Waals surface area contributed by atoms with Gasteiger partial charge >= 0.3 is 0 Å². The van der Waals surface area contributed by atoms with Crippen molar-refractivity contribution in [1.29, 1.82) is 0 Å². The monoisotopic (exact) mass is 296 g/mol. The van der Waals surface area contributed by atoms with Crippen LogP contribution in [0.5, 0.6) is 0 Å². The molecule has 1 atom stereocenters. The Morgan fingerprint density at radius 3 is 3.00 bits per heavy atom. The van der Waals surface area contributed by atoms with E-state index < -0.39 is 0 Å². The van der Waals surface area contributed by atoms with Crippen LogP contribution in [0.25, 0.3) is 11.1 Å². The molecular weight excluding hydrogens is 276 g/mol. The predicted molar refractivity (Wildman–Crippen MR) is 84.3 cm³/mol. The zero-order valence-electron chi connectivity index (χ0n) is 12.6. The molecule has 4 rings (SSSR count). The second-order valence-electron chi connectivity index (χ2n) is 5.92. The van der Waals surface area contributed by atoms with E-state index in [0.29, 0.717) is 6.04 Å². The van der Waals surface area contributed by atoms with Gasteiger partial charge in [0, 0.05) is 18.4 Å². The summed E-state index contributed by atoms with van der Waals surface area (Å²) in [5.74, 6) is 0.813. The Balaban J connectivity index is 1.51. The summed E-state index contributed by atoms with van der Waals surface area (Å²) in [6, 6.07) is 10.4. The van der Waals surface area contributed by atoms with Crippen LogP contribution in [-0.2, 0) is 13.1 Å². The third-order valence-corrected chi connectivity index (χ3v) is 4.38. The summed E-state index contributed by atoms with van der Waals surface area (Å²) >= 11 is 0. The maximum atomic E-state index is 5.88. The van der Waals surface area contributed by atoms with Crippen molar-refractivity contribution in [2.45, 2.75) is 38.4 Å². The van der Waals surface area contributed by atoms with E-state index in [1.807, 2.05) is 47.4 Å². The lowest BCUT2D eigenvalue weighted by Gasteiger charge is -2.34. The number of hydrogen-bond donors (Lipinski definition) is 0. The molecule has 1 aliphatic heterocycles. The molecule has 1 unspecified atom stereocenters. The van der Waals surface area contributed by atoms with Gasteiger partial charge in [0.1, 0.15) is 5.52 Å². The minimum absolute atomic E-state index is 0.503. The highest BCUT2D eigenvalue weighted by Crippen LogP contribution is 2.22. The molecule has 0 amide bonds. The van der Waals surface area contributed by atoms with E-state index in [9.17, 15) is 0 Å². The lowest BCUT2D eigenvalue weighted by molar-refractivity contribution is 0.112. The number of para-hydroxylation sites is 2. The number of rotatable bonds is 4. The Morgan fingerprint density at radius 2 is 2.14 bits per heavy atom. The SMILES string of the molecule is c1ccc2oc(CN3CCCCC3Cn3cccn3)nc2c1. The summed E-state index contributed by atoms with van der Waals surface area (Å²) in [6.45, 7) is 2.82. The lowest BCUT2D eigenvalue weighted by atomic mass is 10.0. The molecule has 1 aromatic carbocycles. The molecule has 5 heteroatoms. The number of fused-ring (bicyclic) bond motifs is 1. The minimum atomic E-state index is 0.503. The van der Waals surface area contributed by atoms with E-state index in [4.69, 9.17) is 4.42 Å². The van der Waals surface area contributed by atoms with Gasteiger partial charge in [0.25, 0.3) is 0 Å². The summed E-state index contributed by atoms with van der Waals surface area (Å²) in [5, 5.41) is 4.34. The Hall–Kier alpha value is -2.14. The van der Waals surface area contributed by atoms with Crippen molar-refractivity contribution in [3.63, 3.8) is 0 Å². The van der Waals surface area contributed by atoms with Crippen molar-refractivity contribution in [3.05, 3.63) is 48.6 Å². The molecule has 1 fully saturated rings. The molecule has 0 radical (unpaired) electrons. The molecule has 0 saturated carbocycles. The molecule has 1 saturated heterocycles. The average Bonchev–Trinajstić information content (AvgIpc) is 3.18. The van der Waals surface area contributed by atoms with Crippen LogP contribution in [0.1, 0.15) is 25.2 Å². The second-order valence-corrected chi connectivity index (χ2v) is 5.92. The van der Waals surface area contributed by atoms with Gasteiger partial charge in [0.2, 0.25) is 5.89 Å². The van der Waals surface area contributed by atoms with Crippen molar-refractivity contribution in [3.8, 4) is 0 Å². The Morgan fingerprint density at radius 1 is 1.18 bits per heavy atom. The van der Waals surface area contributed by atoms with E-state index in [1.54, 1.807) is 0 Å². The van der Waals surface area contributed by atoms with Gasteiger partial charge in [-0.1, -0.05) is 18.6 Å². The van der Waals surface area contributed by atoms with Crippen molar-refractivity contribution >= 4 is 11.1 Å². The fourth-order valence-electron chi connectivity index (χ4n) is 3.26. The molecular formula is C17H20N4O. The van der Waals surface area contributed by atoms with Gasteiger partial charge in [-0.25, -0.2) is 4.98 Å². The molecule has 0 aliphatic carbocycles. The Bertz CT molecular complexity index is 701. The van der Waals surface area contributed by atoms with Gasteiger partial charge in [0.15, 0.2) is 5.58 Å². The molecule has 22 heavy (non-hydrogen) atoms. The fraction of sp³-hybridized carbons (Fsp3) is 0.412. The quantitative estimate of drug-likeness (QED) is 0.742. The molecule has 0 spiro atoms. The van der Waals surface area contributed by atoms with E-state index >= 15 is 0 Å². The molecule has 0 bridgehead atoms. The van der Waals surface area contributed by atoms with Gasteiger partial charge < -0.3 is 4.42 Å². The summed E-state index contributed by atoms with van der Waals surface area (Å²) < 4.78 is 7.90. The number of likely N-dealkylation sites (tertiary alicyclic amines) is 1. The average molecular weight is 296 g/mol. The number of oxazole rings is 1.